The summed E-state index contributed by atoms with van der Waals surface area (Å²) in [6.07, 6.45) is 4.40. The zero-order chi connectivity index (χ0) is 13.5. The lowest BCUT2D eigenvalue weighted by Crippen LogP contribution is -2.41. The summed E-state index contributed by atoms with van der Waals surface area (Å²) < 4.78 is 0. The largest absolute Gasteiger partial charge is 0.340 e. The molecule has 3 rings (SSSR count). The van der Waals surface area contributed by atoms with Crippen molar-refractivity contribution < 1.29 is 0 Å². The minimum atomic E-state index is 0.0576. The van der Waals surface area contributed by atoms with E-state index in [2.05, 4.69) is 42.1 Å². The van der Waals surface area contributed by atoms with Crippen molar-refractivity contribution in [2.24, 2.45) is 5.92 Å². The lowest BCUT2D eigenvalue weighted by molar-refractivity contribution is 0.243. The van der Waals surface area contributed by atoms with E-state index in [1.54, 1.807) is 0 Å². The number of fused-ring (bicyclic) bond motifs is 1. The number of nitrogens with zero attached hydrogens (tertiary/aromatic N) is 2. The second-order valence-electron chi connectivity index (χ2n) is 6.23. The highest BCUT2D eigenvalue weighted by Crippen LogP contribution is 2.34. The summed E-state index contributed by atoms with van der Waals surface area (Å²) >= 11 is 0. The summed E-state index contributed by atoms with van der Waals surface area (Å²) in [6.45, 7) is 8.86. The van der Waals surface area contributed by atoms with Crippen molar-refractivity contribution >= 4 is 11.2 Å². The number of hydrogen-bond acceptors (Lipinski definition) is 3. The molecule has 2 aromatic rings. The third kappa shape index (κ3) is 2.25. The minimum absolute atomic E-state index is 0.0576. The number of nitrogens with one attached hydrogen (secondary N) is 2. The molecular weight excluding hydrogens is 236 g/mol. The van der Waals surface area contributed by atoms with Gasteiger partial charge < -0.3 is 10.3 Å². The highest BCUT2D eigenvalue weighted by atomic mass is 15.0. The summed E-state index contributed by atoms with van der Waals surface area (Å²) in [5.41, 5.74) is 3.10. The highest BCUT2D eigenvalue weighted by Gasteiger charge is 2.34. The van der Waals surface area contributed by atoms with E-state index in [0.29, 0.717) is 5.92 Å². The molecule has 0 bridgehead atoms. The quantitative estimate of drug-likeness (QED) is 0.870. The number of hydrogen-bond donors (Lipinski definition) is 2. The molecule has 1 saturated heterocycles. The monoisotopic (exact) mass is 258 g/mol. The molecule has 1 atom stereocenters. The van der Waals surface area contributed by atoms with Gasteiger partial charge in [-0.15, -0.1) is 0 Å². The van der Waals surface area contributed by atoms with Crippen LogP contribution in [0.5, 0.6) is 0 Å². The van der Waals surface area contributed by atoms with Crippen molar-refractivity contribution in [3.63, 3.8) is 0 Å². The van der Waals surface area contributed by atoms with Crippen LogP contribution in [0.15, 0.2) is 12.3 Å². The maximum absolute atomic E-state index is 4.71. The van der Waals surface area contributed by atoms with E-state index in [-0.39, 0.29) is 5.41 Å². The van der Waals surface area contributed by atoms with E-state index in [4.69, 9.17) is 4.98 Å². The van der Waals surface area contributed by atoms with E-state index in [1.165, 1.54) is 18.4 Å². The maximum atomic E-state index is 4.71. The van der Waals surface area contributed by atoms with Crippen LogP contribution in [0.25, 0.3) is 11.2 Å². The summed E-state index contributed by atoms with van der Waals surface area (Å²) in [5, 5.41) is 3.50. The molecule has 2 N–H and O–H groups in total. The van der Waals surface area contributed by atoms with E-state index < -0.39 is 0 Å². The molecule has 0 aliphatic carbocycles. The Bertz CT molecular complexity index is 579. The van der Waals surface area contributed by atoms with E-state index in [1.807, 2.05) is 6.20 Å². The second kappa shape index (κ2) is 4.60. The van der Waals surface area contributed by atoms with Gasteiger partial charge in [0.05, 0.1) is 5.52 Å². The molecule has 4 nitrogen and oxygen atoms in total. The molecule has 19 heavy (non-hydrogen) atoms. The maximum Gasteiger partial charge on any atom is 0.177 e. The molecular formula is C15H22N4. The van der Waals surface area contributed by atoms with Crippen LogP contribution >= 0.6 is 0 Å². The standard InChI is InChI=1S/C15H22N4/c1-10-7-12-13(17-8-10)19-14(18-12)15(2,3)11-5-4-6-16-9-11/h7-8,11,16H,4-6,9H2,1-3H3,(H,17,18,19). The number of imidazole rings is 1. The topological polar surface area (TPSA) is 53.6 Å². The first-order valence-corrected chi connectivity index (χ1v) is 7.11. The van der Waals surface area contributed by atoms with Crippen molar-refractivity contribution in [2.75, 3.05) is 13.1 Å². The first-order valence-electron chi connectivity index (χ1n) is 7.11. The molecule has 1 unspecified atom stereocenters. The van der Waals surface area contributed by atoms with Gasteiger partial charge in [-0.3, -0.25) is 0 Å². The van der Waals surface area contributed by atoms with Gasteiger partial charge in [-0.1, -0.05) is 13.8 Å². The fourth-order valence-corrected chi connectivity index (χ4v) is 2.97. The van der Waals surface area contributed by atoms with Gasteiger partial charge in [0.2, 0.25) is 0 Å². The van der Waals surface area contributed by atoms with Crippen LogP contribution in [-0.2, 0) is 5.41 Å². The molecule has 1 aliphatic heterocycles. The number of pyridine rings is 1. The first-order chi connectivity index (χ1) is 9.07. The predicted molar refractivity (Wildman–Crippen MR) is 77.2 cm³/mol. The van der Waals surface area contributed by atoms with Crippen LogP contribution in [-0.4, -0.2) is 28.0 Å². The van der Waals surface area contributed by atoms with Crippen LogP contribution in [0.1, 0.15) is 38.1 Å². The molecule has 1 fully saturated rings. The van der Waals surface area contributed by atoms with Crippen LogP contribution in [0.2, 0.25) is 0 Å². The fourth-order valence-electron chi connectivity index (χ4n) is 2.97. The molecule has 2 aromatic heterocycles. The average molecular weight is 258 g/mol. The van der Waals surface area contributed by atoms with Crippen molar-refractivity contribution in [3.8, 4) is 0 Å². The summed E-state index contributed by atoms with van der Waals surface area (Å²) in [6, 6.07) is 2.12. The lowest BCUT2D eigenvalue weighted by Gasteiger charge is -2.35. The molecule has 0 aromatic carbocycles. The molecule has 102 valence electrons. The number of piperidine rings is 1. The predicted octanol–water partition coefficient (Wildman–Crippen LogP) is 2.54. The average Bonchev–Trinajstić information content (AvgIpc) is 2.83. The number of aromatic amines is 1. The lowest BCUT2D eigenvalue weighted by atomic mass is 9.74. The number of H-pyrrole nitrogens is 1. The van der Waals surface area contributed by atoms with Gasteiger partial charge in [0.15, 0.2) is 5.65 Å². The van der Waals surface area contributed by atoms with Crippen molar-refractivity contribution in [3.05, 3.63) is 23.7 Å². The Hall–Kier alpha value is -1.42. The molecule has 0 spiro atoms. The number of aryl methyl sites for hydroxylation is 1. The van der Waals surface area contributed by atoms with E-state index in [9.17, 15) is 0 Å². The van der Waals surface area contributed by atoms with Gasteiger partial charge in [-0.05, 0) is 50.4 Å². The van der Waals surface area contributed by atoms with Crippen molar-refractivity contribution in [1.82, 2.24) is 20.3 Å². The highest BCUT2D eigenvalue weighted by molar-refractivity contribution is 5.71. The Morgan fingerprint density at radius 2 is 2.21 bits per heavy atom. The van der Waals surface area contributed by atoms with Gasteiger partial charge in [0, 0.05) is 11.6 Å². The first kappa shape index (κ1) is 12.6. The number of aromatic nitrogens is 3. The molecule has 0 amide bonds. The summed E-state index contributed by atoms with van der Waals surface area (Å²) in [4.78, 5) is 12.6. The minimum Gasteiger partial charge on any atom is -0.340 e. The van der Waals surface area contributed by atoms with Crippen LogP contribution < -0.4 is 5.32 Å². The van der Waals surface area contributed by atoms with Crippen LogP contribution in [0.3, 0.4) is 0 Å². The zero-order valence-corrected chi connectivity index (χ0v) is 12.0. The SMILES string of the molecule is Cc1cnc2nc(C(C)(C)C3CCCNC3)[nH]c2c1. The Balaban J connectivity index is 1.97. The zero-order valence-electron chi connectivity index (χ0n) is 12.0. The Morgan fingerprint density at radius 3 is 2.95 bits per heavy atom. The fraction of sp³-hybridized carbons (Fsp3) is 0.600. The number of rotatable bonds is 2. The van der Waals surface area contributed by atoms with E-state index >= 15 is 0 Å². The summed E-state index contributed by atoms with van der Waals surface area (Å²) in [5.74, 6) is 1.69. The van der Waals surface area contributed by atoms with Crippen LogP contribution in [0, 0.1) is 12.8 Å². The Labute approximate surface area is 114 Å². The van der Waals surface area contributed by atoms with Crippen molar-refractivity contribution in [2.45, 2.75) is 39.0 Å². The van der Waals surface area contributed by atoms with Gasteiger partial charge in [-0.2, -0.15) is 0 Å². The van der Waals surface area contributed by atoms with Gasteiger partial charge >= 0.3 is 0 Å². The van der Waals surface area contributed by atoms with Crippen LogP contribution in [0.4, 0.5) is 0 Å². The second-order valence-corrected chi connectivity index (χ2v) is 6.23. The van der Waals surface area contributed by atoms with Gasteiger partial charge in [0.1, 0.15) is 5.82 Å². The molecule has 3 heterocycles. The van der Waals surface area contributed by atoms with E-state index in [0.717, 1.165) is 30.1 Å². The molecule has 0 radical (unpaired) electrons. The molecule has 1 aliphatic rings. The third-order valence-corrected chi connectivity index (χ3v) is 4.40. The third-order valence-electron chi connectivity index (χ3n) is 4.40. The molecule has 0 saturated carbocycles. The Morgan fingerprint density at radius 1 is 1.37 bits per heavy atom. The Kier molecular flexibility index (Phi) is 3.05. The molecule has 4 heteroatoms. The van der Waals surface area contributed by atoms with Crippen molar-refractivity contribution in [1.29, 1.82) is 0 Å². The van der Waals surface area contributed by atoms with Gasteiger partial charge in [-0.25, -0.2) is 9.97 Å². The summed E-state index contributed by atoms with van der Waals surface area (Å²) in [7, 11) is 0. The van der Waals surface area contributed by atoms with Gasteiger partial charge in [0.25, 0.3) is 0 Å². The smallest absolute Gasteiger partial charge is 0.177 e. The normalized spacial score (nSPS) is 20.9.